The average Bonchev–Trinajstić information content (AvgIpc) is 3.48. The monoisotopic (exact) mass is 595 g/mol. The molecule has 224 valence electrons. The Balaban J connectivity index is 1.52. The maximum Gasteiger partial charge on any atom is 0.495 e. The fraction of sp³-hybridized carbons (Fsp3) is 0.556. The number of alkyl halides is 9. The average molecular weight is 595 g/mol. The Morgan fingerprint density at radius 3 is 1.78 bits per heavy atom. The number of ether oxygens (including phenoxy) is 1. The third-order valence-corrected chi connectivity index (χ3v) is 8.53. The lowest BCUT2D eigenvalue weighted by atomic mass is 9.73. The molecule has 3 aliphatic heterocycles. The predicted octanol–water partition coefficient (Wildman–Crippen LogP) is 7.28. The van der Waals surface area contributed by atoms with Crippen molar-refractivity contribution in [1.29, 1.82) is 0 Å². The minimum atomic E-state index is -5.03. The molecule has 0 bridgehead atoms. The second kappa shape index (κ2) is 9.62. The fourth-order valence-electron chi connectivity index (χ4n) is 5.70. The van der Waals surface area contributed by atoms with Crippen molar-refractivity contribution in [2.75, 3.05) is 6.73 Å². The van der Waals surface area contributed by atoms with E-state index in [0.29, 0.717) is 24.0 Å². The molecule has 4 nitrogen and oxygen atoms in total. The summed E-state index contributed by atoms with van der Waals surface area (Å²) in [4.78, 5) is 1.68. The van der Waals surface area contributed by atoms with Gasteiger partial charge in [0.1, 0.15) is 6.73 Å². The number of halogens is 9. The zero-order valence-corrected chi connectivity index (χ0v) is 22.5. The Labute approximate surface area is 230 Å². The van der Waals surface area contributed by atoms with E-state index in [1.807, 2.05) is 0 Å². The van der Waals surface area contributed by atoms with Crippen LogP contribution in [-0.4, -0.2) is 36.0 Å². The molecule has 3 atom stereocenters. The molecule has 0 amide bonds. The van der Waals surface area contributed by atoms with Gasteiger partial charge in [-0.3, -0.25) is 4.90 Å². The number of hydrogen-bond donors (Lipinski definition) is 0. The Kier molecular flexibility index (Phi) is 7.08. The van der Waals surface area contributed by atoms with Crippen LogP contribution in [0, 0.1) is 0 Å². The second-order valence-electron chi connectivity index (χ2n) is 11.7. The van der Waals surface area contributed by atoms with E-state index in [9.17, 15) is 39.5 Å². The van der Waals surface area contributed by atoms with Crippen LogP contribution in [0.5, 0.6) is 0 Å². The van der Waals surface area contributed by atoms with Crippen molar-refractivity contribution in [3.63, 3.8) is 0 Å². The van der Waals surface area contributed by atoms with Crippen LogP contribution in [0.15, 0.2) is 36.4 Å². The van der Waals surface area contributed by atoms with Gasteiger partial charge in [0.05, 0.1) is 34.0 Å². The summed E-state index contributed by atoms with van der Waals surface area (Å²) in [6.07, 6.45) is -15.3. The summed E-state index contributed by atoms with van der Waals surface area (Å²) in [6, 6.07) is 3.22. The standard InChI is InChI=1S/C27H27BF9NO3/c1-23(2)24(3,4)41-28(40-23)19-6-5-15(25(29,30)31)12-18(19)20-7-8-21-22(39-13-38(20)21)14-9-16(26(32,33)34)11-17(10-14)27(35,36)37/h5-6,9-12,20-22H,7-8,13H2,1-4H3/t20-,21-,22+/m0/s1. The minimum Gasteiger partial charge on any atom is -0.399 e. The first-order valence-electron chi connectivity index (χ1n) is 12.9. The molecule has 0 aliphatic carbocycles. The van der Waals surface area contributed by atoms with Crippen molar-refractivity contribution in [2.45, 2.75) is 88.5 Å². The van der Waals surface area contributed by atoms with Gasteiger partial charge in [0.15, 0.2) is 0 Å². The maximum atomic E-state index is 13.7. The molecule has 3 saturated heterocycles. The molecule has 0 spiro atoms. The summed E-state index contributed by atoms with van der Waals surface area (Å²) in [6.45, 7) is 6.99. The number of hydrogen-bond acceptors (Lipinski definition) is 4. The number of nitrogens with zero attached hydrogens (tertiary/aromatic N) is 1. The van der Waals surface area contributed by atoms with E-state index in [-0.39, 0.29) is 30.3 Å². The van der Waals surface area contributed by atoms with Crippen LogP contribution in [0.25, 0.3) is 0 Å². The van der Waals surface area contributed by atoms with E-state index < -0.39 is 71.7 Å². The third kappa shape index (κ3) is 5.48. The van der Waals surface area contributed by atoms with E-state index in [1.54, 1.807) is 32.6 Å². The molecule has 2 aromatic carbocycles. The molecule has 14 heteroatoms. The minimum absolute atomic E-state index is 0.0488. The van der Waals surface area contributed by atoms with Crippen molar-refractivity contribution in [2.24, 2.45) is 0 Å². The van der Waals surface area contributed by atoms with Crippen LogP contribution in [0.4, 0.5) is 39.5 Å². The van der Waals surface area contributed by atoms with Gasteiger partial charge in [0.2, 0.25) is 0 Å². The molecular weight excluding hydrogens is 568 g/mol. The SMILES string of the molecule is CC1(C)OB(c2ccc(C(F)(F)F)cc2[C@@H]2CC[C@H]3[C@@H](c4cc(C(F)(F)F)cc(C(F)(F)F)c4)OCN23)OC1(C)C. The van der Waals surface area contributed by atoms with Gasteiger partial charge >= 0.3 is 25.6 Å². The van der Waals surface area contributed by atoms with Gasteiger partial charge in [-0.2, -0.15) is 39.5 Å². The molecule has 0 N–H and O–H groups in total. The predicted molar refractivity (Wildman–Crippen MR) is 130 cm³/mol. The molecule has 0 unspecified atom stereocenters. The first-order chi connectivity index (χ1) is 18.7. The first-order valence-corrected chi connectivity index (χ1v) is 12.9. The quantitative estimate of drug-likeness (QED) is 0.276. The van der Waals surface area contributed by atoms with Gasteiger partial charge in [0.25, 0.3) is 0 Å². The summed E-state index contributed by atoms with van der Waals surface area (Å²) in [5, 5.41) is 0. The smallest absolute Gasteiger partial charge is 0.399 e. The lowest BCUT2D eigenvalue weighted by Crippen LogP contribution is -2.41. The lowest BCUT2D eigenvalue weighted by molar-refractivity contribution is -0.143. The van der Waals surface area contributed by atoms with Crippen LogP contribution in [0.1, 0.15) is 80.5 Å². The number of rotatable bonds is 3. The normalized spacial score (nSPS) is 26.6. The molecule has 0 radical (unpaired) electrons. The van der Waals surface area contributed by atoms with Crippen LogP contribution in [0.2, 0.25) is 0 Å². The molecule has 3 fully saturated rings. The summed E-state index contributed by atoms with van der Waals surface area (Å²) >= 11 is 0. The molecule has 41 heavy (non-hydrogen) atoms. The highest BCUT2D eigenvalue weighted by molar-refractivity contribution is 6.62. The van der Waals surface area contributed by atoms with E-state index in [2.05, 4.69) is 0 Å². The molecule has 3 heterocycles. The third-order valence-electron chi connectivity index (χ3n) is 8.53. The van der Waals surface area contributed by atoms with Crippen molar-refractivity contribution in [1.82, 2.24) is 4.90 Å². The van der Waals surface area contributed by atoms with Crippen molar-refractivity contribution in [3.8, 4) is 0 Å². The fourth-order valence-corrected chi connectivity index (χ4v) is 5.70. The number of benzene rings is 2. The Hall–Kier alpha value is -2.29. The largest absolute Gasteiger partial charge is 0.495 e. The van der Waals surface area contributed by atoms with Crippen molar-refractivity contribution < 1.29 is 53.6 Å². The van der Waals surface area contributed by atoms with Gasteiger partial charge in [0, 0.05) is 12.1 Å². The topological polar surface area (TPSA) is 30.9 Å². The molecule has 2 aromatic rings. The summed E-state index contributed by atoms with van der Waals surface area (Å²) in [5.74, 6) is 0. The molecular formula is C27H27BF9NO3. The van der Waals surface area contributed by atoms with Crippen LogP contribution < -0.4 is 5.46 Å². The van der Waals surface area contributed by atoms with Crippen molar-refractivity contribution >= 4 is 12.6 Å². The Morgan fingerprint density at radius 1 is 0.732 bits per heavy atom. The van der Waals surface area contributed by atoms with Crippen LogP contribution in [0.3, 0.4) is 0 Å². The molecule has 3 aliphatic rings. The summed E-state index contributed by atoms with van der Waals surface area (Å²) < 4.78 is 140. The van der Waals surface area contributed by atoms with Gasteiger partial charge in [-0.25, -0.2) is 0 Å². The highest BCUT2D eigenvalue weighted by Crippen LogP contribution is 2.49. The van der Waals surface area contributed by atoms with E-state index in [4.69, 9.17) is 14.0 Å². The van der Waals surface area contributed by atoms with Crippen LogP contribution >= 0.6 is 0 Å². The maximum absolute atomic E-state index is 13.7. The van der Waals surface area contributed by atoms with Crippen LogP contribution in [-0.2, 0) is 32.6 Å². The van der Waals surface area contributed by atoms with Gasteiger partial charge in [-0.1, -0.05) is 12.1 Å². The lowest BCUT2D eigenvalue weighted by Gasteiger charge is -2.32. The zero-order chi connectivity index (χ0) is 30.3. The van der Waals surface area contributed by atoms with E-state index in [1.165, 1.54) is 6.07 Å². The number of fused-ring (bicyclic) bond motifs is 1. The Bertz CT molecular complexity index is 1270. The second-order valence-corrected chi connectivity index (χ2v) is 11.7. The first kappa shape index (κ1) is 30.2. The van der Waals surface area contributed by atoms with Gasteiger partial charge in [-0.15, -0.1) is 0 Å². The highest BCUT2D eigenvalue weighted by Gasteiger charge is 2.54. The van der Waals surface area contributed by atoms with E-state index >= 15 is 0 Å². The molecule has 0 aromatic heterocycles. The van der Waals surface area contributed by atoms with Gasteiger partial charge < -0.3 is 14.0 Å². The molecule has 5 rings (SSSR count). The summed E-state index contributed by atoms with van der Waals surface area (Å²) in [5.41, 5.74) is -5.06. The molecule has 0 saturated carbocycles. The van der Waals surface area contributed by atoms with E-state index in [0.717, 1.165) is 12.1 Å². The summed E-state index contributed by atoms with van der Waals surface area (Å²) in [7, 11) is -0.992. The van der Waals surface area contributed by atoms with Crippen molar-refractivity contribution in [3.05, 3.63) is 64.2 Å². The zero-order valence-electron chi connectivity index (χ0n) is 22.5. The highest BCUT2D eigenvalue weighted by atomic mass is 19.4. The Morgan fingerprint density at radius 2 is 1.27 bits per heavy atom. The van der Waals surface area contributed by atoms with Gasteiger partial charge in [-0.05, 0) is 81.4 Å².